The van der Waals surface area contributed by atoms with Crippen LogP contribution in [0.5, 0.6) is 5.75 Å². The van der Waals surface area contributed by atoms with E-state index in [0.717, 1.165) is 30.5 Å². The molecule has 0 saturated carbocycles. The molecule has 4 heterocycles. The summed E-state index contributed by atoms with van der Waals surface area (Å²) < 4.78 is 9.92. The third-order valence-corrected chi connectivity index (χ3v) is 6.42. The number of aromatic nitrogens is 5. The highest BCUT2D eigenvalue weighted by Crippen LogP contribution is 2.25. The number of hydrogen-bond acceptors (Lipinski definition) is 7. The lowest BCUT2D eigenvalue weighted by Crippen LogP contribution is -2.44. The van der Waals surface area contributed by atoms with Gasteiger partial charge in [0.1, 0.15) is 5.75 Å². The molecule has 4 rings (SSSR count). The Morgan fingerprint density at radius 3 is 2.71 bits per heavy atom. The van der Waals surface area contributed by atoms with Gasteiger partial charge in [0.25, 0.3) is 5.56 Å². The Hall–Kier alpha value is -3.58. The van der Waals surface area contributed by atoms with Gasteiger partial charge in [0.05, 0.1) is 25.9 Å². The molecule has 0 unspecified atom stereocenters. The minimum atomic E-state index is -0.452. The number of rotatable bonds is 5. The fraction of sp³-hybridized carbons (Fsp3) is 0.500. The fourth-order valence-electron chi connectivity index (χ4n) is 4.62. The average molecular weight is 466 g/mol. The predicted octanol–water partition coefficient (Wildman–Crippen LogP) is 0.916. The zero-order valence-electron chi connectivity index (χ0n) is 20.4. The van der Waals surface area contributed by atoms with Crippen LogP contribution in [0, 0.1) is 25.7 Å². The van der Waals surface area contributed by atoms with Crippen LogP contribution < -0.4 is 26.6 Å². The van der Waals surface area contributed by atoms with Gasteiger partial charge in [-0.3, -0.25) is 23.5 Å². The molecule has 0 aromatic carbocycles. The molecule has 0 amide bonds. The monoisotopic (exact) mass is 465 g/mol. The lowest BCUT2D eigenvalue weighted by molar-refractivity contribution is 0.406. The van der Waals surface area contributed by atoms with Gasteiger partial charge in [0.15, 0.2) is 11.2 Å². The number of fused-ring (bicyclic) bond motifs is 1. The third kappa shape index (κ3) is 3.96. The summed E-state index contributed by atoms with van der Waals surface area (Å²) in [5, 5.41) is 0. The van der Waals surface area contributed by atoms with E-state index in [1.165, 1.54) is 9.13 Å². The zero-order chi connectivity index (χ0) is 24.6. The number of nitrogens with two attached hydrogens (primary N) is 1. The first-order chi connectivity index (χ1) is 16.3. The Labute approximate surface area is 198 Å². The van der Waals surface area contributed by atoms with E-state index in [9.17, 15) is 9.59 Å². The van der Waals surface area contributed by atoms with Gasteiger partial charge >= 0.3 is 5.69 Å². The number of nitrogens with zero attached hydrogens (tertiary/aromatic N) is 6. The Morgan fingerprint density at radius 2 is 2.03 bits per heavy atom. The molecular weight excluding hydrogens is 434 g/mol. The zero-order valence-corrected chi connectivity index (χ0v) is 20.4. The van der Waals surface area contributed by atoms with E-state index in [2.05, 4.69) is 21.7 Å². The number of methoxy groups -OCH3 is 1. The van der Waals surface area contributed by atoms with Crippen LogP contribution in [0.2, 0.25) is 0 Å². The molecular formula is C24H31N7O3. The van der Waals surface area contributed by atoms with Crippen LogP contribution in [0.4, 0.5) is 5.95 Å². The molecule has 3 aromatic rings. The molecule has 10 heteroatoms. The number of aryl methyl sites for hydroxylation is 2. The van der Waals surface area contributed by atoms with Crippen molar-refractivity contribution in [2.24, 2.45) is 12.8 Å². The summed E-state index contributed by atoms with van der Waals surface area (Å²) in [7, 11) is 3.23. The predicted molar refractivity (Wildman–Crippen MR) is 131 cm³/mol. The van der Waals surface area contributed by atoms with Crippen LogP contribution >= 0.6 is 0 Å². The van der Waals surface area contributed by atoms with Crippen molar-refractivity contribution in [3.05, 3.63) is 43.9 Å². The van der Waals surface area contributed by atoms with E-state index in [0.29, 0.717) is 35.1 Å². The summed E-state index contributed by atoms with van der Waals surface area (Å²) >= 11 is 0. The first-order valence-corrected chi connectivity index (χ1v) is 11.4. The molecule has 1 aliphatic rings. The van der Waals surface area contributed by atoms with Gasteiger partial charge in [-0.15, -0.1) is 5.92 Å². The molecule has 2 N–H and O–H groups in total. The Balaban J connectivity index is 1.93. The second kappa shape index (κ2) is 9.35. The maximum Gasteiger partial charge on any atom is 0.332 e. The summed E-state index contributed by atoms with van der Waals surface area (Å²) in [5.74, 6) is 7.25. The fourth-order valence-corrected chi connectivity index (χ4v) is 4.62. The Bertz CT molecular complexity index is 1420. The highest BCUT2D eigenvalue weighted by Gasteiger charge is 2.26. The third-order valence-electron chi connectivity index (χ3n) is 6.42. The average Bonchev–Trinajstić information content (AvgIpc) is 3.20. The molecule has 0 bridgehead atoms. The smallest absolute Gasteiger partial charge is 0.332 e. The minimum absolute atomic E-state index is 0.0263. The van der Waals surface area contributed by atoms with Crippen molar-refractivity contribution in [3.8, 4) is 17.6 Å². The van der Waals surface area contributed by atoms with E-state index in [1.807, 2.05) is 13.8 Å². The quantitative estimate of drug-likeness (QED) is 0.558. The van der Waals surface area contributed by atoms with E-state index >= 15 is 0 Å². The van der Waals surface area contributed by atoms with E-state index in [-0.39, 0.29) is 19.1 Å². The van der Waals surface area contributed by atoms with Crippen molar-refractivity contribution in [2.45, 2.75) is 52.7 Å². The molecule has 1 saturated heterocycles. The SMILES string of the molecule is CC#CCn1c(N2CCC[C@@H](N)C2)nc2c1c(=O)n(Cc1ncc(C)c(OC)c1C)c(=O)n2C. The number of pyridine rings is 1. The van der Waals surface area contributed by atoms with Crippen LogP contribution in [-0.4, -0.2) is 49.9 Å². The summed E-state index contributed by atoms with van der Waals surface area (Å²) in [6, 6.07) is 0.0327. The van der Waals surface area contributed by atoms with Gasteiger partial charge in [-0.2, -0.15) is 4.98 Å². The minimum Gasteiger partial charge on any atom is -0.496 e. The largest absolute Gasteiger partial charge is 0.496 e. The van der Waals surface area contributed by atoms with E-state index < -0.39 is 11.2 Å². The van der Waals surface area contributed by atoms with Crippen LogP contribution in [0.1, 0.15) is 36.6 Å². The number of hydrogen-bond donors (Lipinski definition) is 1. The van der Waals surface area contributed by atoms with Gasteiger partial charge in [0.2, 0.25) is 5.95 Å². The van der Waals surface area contributed by atoms with Gasteiger partial charge in [-0.25, -0.2) is 4.79 Å². The van der Waals surface area contributed by atoms with Crippen molar-refractivity contribution in [3.63, 3.8) is 0 Å². The standard InChI is InChI=1S/C24H31N7O3/c1-6-7-11-30-19-21(27-23(30)29-10-8-9-17(25)13-29)28(4)24(33)31(22(19)32)14-18-16(3)20(34-5)15(2)12-26-18/h12,17H,8-11,13-14,25H2,1-5H3/t17-/m1/s1. The molecule has 10 nitrogen and oxygen atoms in total. The van der Waals surface area contributed by atoms with E-state index in [4.69, 9.17) is 15.5 Å². The summed E-state index contributed by atoms with van der Waals surface area (Å²) in [5.41, 5.74) is 8.30. The highest BCUT2D eigenvalue weighted by atomic mass is 16.5. The first kappa shape index (κ1) is 23.6. The van der Waals surface area contributed by atoms with E-state index in [1.54, 1.807) is 31.8 Å². The van der Waals surface area contributed by atoms with Gasteiger partial charge in [-0.1, -0.05) is 5.92 Å². The topological polar surface area (TPSA) is 113 Å². The molecule has 1 aliphatic heterocycles. The van der Waals surface area contributed by atoms with Crippen molar-refractivity contribution in [1.82, 2.24) is 23.7 Å². The van der Waals surface area contributed by atoms with Crippen LogP contribution in [0.25, 0.3) is 11.2 Å². The summed E-state index contributed by atoms with van der Waals surface area (Å²) in [6.07, 6.45) is 3.57. The Morgan fingerprint density at radius 1 is 1.26 bits per heavy atom. The Kier molecular flexibility index (Phi) is 6.48. The lowest BCUT2D eigenvalue weighted by Gasteiger charge is -2.31. The van der Waals surface area contributed by atoms with Crippen molar-refractivity contribution in [1.29, 1.82) is 0 Å². The summed E-state index contributed by atoms with van der Waals surface area (Å²) in [6.45, 7) is 7.27. The number of anilines is 1. The molecule has 3 aromatic heterocycles. The van der Waals surface area contributed by atoms with Crippen molar-refractivity contribution in [2.75, 3.05) is 25.1 Å². The molecule has 180 valence electrons. The maximum absolute atomic E-state index is 13.7. The molecule has 1 atom stereocenters. The number of ether oxygens (including phenoxy) is 1. The molecule has 0 aliphatic carbocycles. The van der Waals surface area contributed by atoms with Crippen LogP contribution in [0.15, 0.2) is 15.8 Å². The molecule has 34 heavy (non-hydrogen) atoms. The normalized spacial score (nSPS) is 15.9. The van der Waals surface area contributed by atoms with Crippen molar-refractivity contribution < 1.29 is 4.74 Å². The molecule has 1 fully saturated rings. The molecule has 0 spiro atoms. The van der Waals surface area contributed by atoms with Crippen LogP contribution in [-0.2, 0) is 20.1 Å². The number of piperidine rings is 1. The summed E-state index contributed by atoms with van der Waals surface area (Å²) in [4.78, 5) is 38.3. The first-order valence-electron chi connectivity index (χ1n) is 11.4. The molecule has 0 radical (unpaired) electrons. The van der Waals surface area contributed by atoms with Crippen molar-refractivity contribution >= 4 is 17.1 Å². The highest BCUT2D eigenvalue weighted by molar-refractivity contribution is 5.75. The van der Waals surface area contributed by atoms with Gasteiger partial charge in [0, 0.05) is 43.5 Å². The maximum atomic E-state index is 13.7. The van der Waals surface area contributed by atoms with Crippen LogP contribution in [0.3, 0.4) is 0 Å². The van der Waals surface area contributed by atoms with Gasteiger partial charge < -0.3 is 15.4 Å². The number of imidazole rings is 1. The van der Waals surface area contributed by atoms with Gasteiger partial charge in [-0.05, 0) is 33.6 Å². The lowest BCUT2D eigenvalue weighted by atomic mass is 10.1. The second-order valence-electron chi connectivity index (χ2n) is 8.72. The second-order valence-corrected chi connectivity index (χ2v) is 8.72.